The average Bonchev–Trinajstić information content (AvgIpc) is 1.53. The van der Waals surface area contributed by atoms with Gasteiger partial charge in [-0.15, -0.1) is 11.8 Å². The number of nitrogens with two attached hydrogens (primary N) is 1. The standard InChI is InChI=1S/C25H37F2N3O3S.C21H33F2N3.C15H20F2N2O.C6H15N.C4H6O4S.2H2S/c1-24(2,3)7-8-30-22(33)19(15-20(31)32)34-23(30)17-13-16(26)14-18(27)21(17)28-9-11-29(12-10-28)25(4,5)6;1-20(2,3)7-8-24-15-16-13-17(22)14-18(23)19(16)25-9-11-26(12-10-25)21(4,5)6;1-15(2,3)19-6-4-18(5-7-19)14-11(10-20)8-12(16)9-13(14)17;1-6(2,3)4-5-7;5-3(6)1-2(9)4(7)8;;/h13-14,19,23H,7-12,15H2,1-6H3,(H,31,32);13-15H,7-12H2,1-6H3;8-10H,4-7H2,1-3H3;4-5,7H2,1-3H3;2,9H,1H2,(H,5,6)(H,7,8);2*1H2/t19-,23?;;;;2-;;/m0...0../s1. The highest BCUT2D eigenvalue weighted by atomic mass is 32.2. The quantitative estimate of drug-likeness (QED) is 0.0391. The van der Waals surface area contributed by atoms with Gasteiger partial charge in [0.25, 0.3) is 0 Å². The van der Waals surface area contributed by atoms with Crippen molar-refractivity contribution in [1.82, 2.24) is 19.6 Å². The van der Waals surface area contributed by atoms with Crippen molar-refractivity contribution in [3.63, 3.8) is 0 Å². The number of aliphatic carboxylic acids is 3. The first-order chi connectivity index (χ1) is 44.1. The summed E-state index contributed by atoms with van der Waals surface area (Å²) in [5.41, 5.74) is 8.06. The summed E-state index contributed by atoms with van der Waals surface area (Å²) in [6.07, 6.45) is 4.11. The minimum Gasteiger partial charge on any atom is -0.481 e. The molecule has 558 valence electrons. The molecule has 4 heterocycles. The first-order valence-corrected chi connectivity index (χ1v) is 34.5. The van der Waals surface area contributed by atoms with Gasteiger partial charge in [0, 0.05) is 149 Å². The fraction of sp³-hybridized carbons (Fsp3) is 0.662. The van der Waals surface area contributed by atoms with E-state index in [0.717, 1.165) is 96.0 Å². The molecular weight excluding hydrogens is 1350 g/mol. The fourth-order valence-electron chi connectivity index (χ4n) is 11.0. The number of piperazine rings is 3. The number of thiol groups is 1. The van der Waals surface area contributed by atoms with Crippen LogP contribution in [-0.2, 0) is 19.2 Å². The van der Waals surface area contributed by atoms with Crippen LogP contribution in [0.5, 0.6) is 0 Å². The van der Waals surface area contributed by atoms with Crippen LogP contribution in [0.4, 0.5) is 43.4 Å². The number of anilines is 3. The number of carboxylic acids is 3. The number of benzene rings is 3. The second-order valence-electron chi connectivity index (χ2n) is 31.3. The summed E-state index contributed by atoms with van der Waals surface area (Å²) in [4.78, 5) is 74.1. The Morgan fingerprint density at radius 1 is 0.561 bits per heavy atom. The predicted molar refractivity (Wildman–Crippen MR) is 400 cm³/mol. The summed E-state index contributed by atoms with van der Waals surface area (Å²) in [5, 5.41) is 22.9. The third-order valence-corrected chi connectivity index (χ3v) is 18.4. The number of halogens is 6. The van der Waals surface area contributed by atoms with E-state index in [4.69, 9.17) is 15.9 Å². The second-order valence-corrected chi connectivity index (χ2v) is 33.3. The van der Waals surface area contributed by atoms with Crippen LogP contribution < -0.4 is 20.4 Å². The van der Waals surface area contributed by atoms with Gasteiger partial charge in [-0.25, -0.2) is 26.3 Å². The molecule has 0 aromatic heterocycles. The molecule has 0 spiro atoms. The van der Waals surface area contributed by atoms with Gasteiger partial charge in [0.1, 0.15) is 45.5 Å². The van der Waals surface area contributed by atoms with E-state index in [1.165, 1.54) is 23.9 Å². The van der Waals surface area contributed by atoms with Crippen LogP contribution in [0.15, 0.2) is 41.4 Å². The molecular formula is C71H115F6N9O8S4. The van der Waals surface area contributed by atoms with Gasteiger partial charge in [-0.2, -0.15) is 39.6 Å². The molecule has 1 unspecified atom stereocenters. The molecule has 1 amide bonds. The zero-order valence-corrected chi connectivity index (χ0v) is 64.9. The summed E-state index contributed by atoms with van der Waals surface area (Å²) < 4.78 is 85.2. The van der Waals surface area contributed by atoms with Crippen LogP contribution in [0.25, 0.3) is 0 Å². The molecule has 4 saturated heterocycles. The van der Waals surface area contributed by atoms with E-state index in [-0.39, 0.29) is 78.0 Å². The highest BCUT2D eigenvalue weighted by molar-refractivity contribution is 8.01. The van der Waals surface area contributed by atoms with Crippen molar-refractivity contribution >= 4 is 105 Å². The molecule has 4 aliphatic heterocycles. The molecule has 98 heavy (non-hydrogen) atoms. The van der Waals surface area contributed by atoms with Gasteiger partial charge in [0.15, 0.2) is 6.29 Å². The third kappa shape index (κ3) is 30.7. The Bertz CT molecular complexity index is 3070. The fourth-order valence-corrected chi connectivity index (χ4v) is 12.6. The molecule has 27 heteroatoms. The molecule has 7 rings (SSSR count). The van der Waals surface area contributed by atoms with Gasteiger partial charge in [0.2, 0.25) is 5.91 Å². The SMILES string of the molecule is CC(C)(C)CCN.CC(C)(C)CCN1C(=O)[C@H](CC(=O)O)SC1c1cc(F)cc(F)c1N1CCN(C(C)(C)C)CC1.CC(C)(C)CCN=Cc1cc(F)cc(F)c1N1CCN(C(C)(C)C)CC1.CC(C)(C)N1CCN(c2c(F)cc(F)cc2C=O)CC1.O=C(O)C[C@H](S)C(=O)O.S.S. The normalized spacial score (nSPS) is 18.0. The number of hydrogen-bond donors (Lipinski definition) is 5. The van der Waals surface area contributed by atoms with Gasteiger partial charge in [-0.1, -0.05) is 62.3 Å². The number of hydrogen-bond acceptors (Lipinski definition) is 15. The van der Waals surface area contributed by atoms with E-state index in [1.807, 2.05) is 14.7 Å². The lowest BCUT2D eigenvalue weighted by molar-refractivity contribution is -0.142. The summed E-state index contributed by atoms with van der Waals surface area (Å²) >= 11 is 4.67. The first kappa shape index (κ1) is 91.1. The Labute approximate surface area is 603 Å². The van der Waals surface area contributed by atoms with Gasteiger partial charge in [0.05, 0.1) is 35.2 Å². The lowest BCUT2D eigenvalue weighted by Gasteiger charge is -2.44. The zero-order chi connectivity index (χ0) is 73.2. The Morgan fingerprint density at radius 3 is 1.26 bits per heavy atom. The monoisotopic (exact) mass is 1460 g/mol. The van der Waals surface area contributed by atoms with E-state index in [0.29, 0.717) is 79.9 Å². The maximum atomic E-state index is 15.3. The molecule has 3 aromatic rings. The topological polar surface area (TPSA) is 207 Å². The molecule has 0 radical (unpaired) electrons. The first-order valence-electron chi connectivity index (χ1n) is 33.0. The number of thioether (sulfide) groups is 1. The van der Waals surface area contributed by atoms with Gasteiger partial charge < -0.3 is 40.7 Å². The predicted octanol–water partition coefficient (Wildman–Crippen LogP) is 13.6. The zero-order valence-electron chi connectivity index (χ0n) is 61.2. The third-order valence-electron chi connectivity index (χ3n) is 16.6. The molecule has 0 saturated carbocycles. The van der Waals surface area contributed by atoms with Crippen molar-refractivity contribution in [2.45, 2.75) is 189 Å². The van der Waals surface area contributed by atoms with Crippen LogP contribution in [0.3, 0.4) is 0 Å². The second kappa shape index (κ2) is 39.5. The molecule has 4 aliphatic rings. The van der Waals surface area contributed by atoms with Crippen LogP contribution in [0, 0.1) is 51.1 Å². The minimum absolute atomic E-state index is 0. The van der Waals surface area contributed by atoms with Crippen LogP contribution in [-0.4, -0.2) is 197 Å². The van der Waals surface area contributed by atoms with E-state index in [9.17, 15) is 51.0 Å². The highest BCUT2D eigenvalue weighted by Crippen LogP contribution is 2.49. The Kier molecular flexibility index (Phi) is 36.7. The molecule has 17 nitrogen and oxygen atoms in total. The Morgan fingerprint density at radius 2 is 0.929 bits per heavy atom. The maximum absolute atomic E-state index is 15.3. The average molecular weight is 1470 g/mol. The summed E-state index contributed by atoms with van der Waals surface area (Å²) in [6, 6.07) is 6.48. The summed E-state index contributed by atoms with van der Waals surface area (Å²) in [6.45, 7) is 49.2. The minimum atomic E-state index is -1.21. The number of carbonyl (C=O) groups is 5. The number of carboxylic acid groups (broad SMARTS) is 3. The summed E-state index contributed by atoms with van der Waals surface area (Å²) in [7, 11) is 0. The van der Waals surface area contributed by atoms with Crippen LogP contribution >= 0.6 is 51.4 Å². The molecule has 5 N–H and O–H groups in total. The van der Waals surface area contributed by atoms with E-state index < -0.39 is 75.1 Å². The maximum Gasteiger partial charge on any atom is 0.316 e. The number of aldehydes is 1. The summed E-state index contributed by atoms with van der Waals surface area (Å²) in [5.74, 6) is -7.51. The van der Waals surface area contributed by atoms with Crippen molar-refractivity contribution in [2.75, 3.05) is 113 Å². The van der Waals surface area contributed by atoms with Gasteiger partial charge >= 0.3 is 17.9 Å². The smallest absolute Gasteiger partial charge is 0.316 e. The molecule has 0 aliphatic carbocycles. The molecule has 4 fully saturated rings. The molecule has 3 atom stereocenters. The van der Waals surface area contributed by atoms with Gasteiger partial charge in [-0.05, 0) is 123 Å². The van der Waals surface area contributed by atoms with Crippen LogP contribution in [0.1, 0.15) is 184 Å². The number of aliphatic imine (C=N–C) groups is 1. The number of nitrogens with zero attached hydrogens (tertiary/aromatic N) is 8. The molecule has 3 aromatic carbocycles. The lowest BCUT2D eigenvalue weighted by Crippen LogP contribution is -2.53. The van der Waals surface area contributed by atoms with E-state index in [2.05, 4.69) is 157 Å². The van der Waals surface area contributed by atoms with Crippen molar-refractivity contribution in [3.8, 4) is 0 Å². The Hall–Kier alpha value is -4.90. The van der Waals surface area contributed by atoms with Crippen molar-refractivity contribution in [2.24, 2.45) is 27.0 Å². The van der Waals surface area contributed by atoms with E-state index in [1.54, 1.807) is 11.1 Å². The highest BCUT2D eigenvalue weighted by Gasteiger charge is 2.44. The lowest BCUT2D eigenvalue weighted by atomic mass is 9.92. The molecule has 0 bridgehead atoms. The number of amides is 1. The largest absolute Gasteiger partial charge is 0.481 e. The van der Waals surface area contributed by atoms with Crippen molar-refractivity contribution in [3.05, 3.63) is 88.0 Å². The van der Waals surface area contributed by atoms with Crippen molar-refractivity contribution < 1.29 is 65.6 Å². The number of carbonyl (C=O) groups excluding carboxylic acids is 2. The number of rotatable bonds is 16. The van der Waals surface area contributed by atoms with Crippen molar-refractivity contribution in [1.29, 1.82) is 0 Å². The van der Waals surface area contributed by atoms with Gasteiger partial charge in [-0.3, -0.25) is 43.7 Å². The Balaban J connectivity index is 0.000000668. The van der Waals surface area contributed by atoms with Crippen LogP contribution in [0.2, 0.25) is 0 Å². The van der Waals surface area contributed by atoms with E-state index >= 15 is 4.39 Å².